The Morgan fingerprint density at radius 3 is 2.55 bits per heavy atom. The van der Waals surface area contributed by atoms with Gasteiger partial charge in [-0.05, 0) is 48.4 Å². The molecular formula is C25H26F2N2O4. The molecule has 3 rings (SSSR count). The maximum Gasteiger partial charge on any atom is 0.306 e. The number of aromatic hydroxyl groups is 1. The van der Waals surface area contributed by atoms with E-state index in [0.717, 1.165) is 5.56 Å². The minimum absolute atomic E-state index is 0.0544. The van der Waals surface area contributed by atoms with Crippen LogP contribution in [0.15, 0.2) is 72.8 Å². The summed E-state index contributed by atoms with van der Waals surface area (Å²) in [6.07, 6.45) is -0.320. The van der Waals surface area contributed by atoms with Crippen LogP contribution in [0.2, 0.25) is 0 Å². The van der Waals surface area contributed by atoms with E-state index in [2.05, 4.69) is 5.32 Å². The molecule has 0 radical (unpaired) electrons. The van der Waals surface area contributed by atoms with Crippen LogP contribution in [0.25, 0.3) is 0 Å². The minimum Gasteiger partial charge on any atom is -0.507 e. The Kier molecular flexibility index (Phi) is 7.97. The van der Waals surface area contributed by atoms with Crippen LogP contribution in [-0.2, 0) is 12.3 Å². The van der Waals surface area contributed by atoms with E-state index in [4.69, 9.17) is 10.5 Å². The molecule has 5 N–H and O–H groups in total. The summed E-state index contributed by atoms with van der Waals surface area (Å²) >= 11 is 0. The molecule has 33 heavy (non-hydrogen) atoms. The lowest BCUT2D eigenvalue weighted by Gasteiger charge is -2.18. The summed E-state index contributed by atoms with van der Waals surface area (Å²) in [5.74, 6) is -3.77. The SMILES string of the molecule is NC(=O)c1cc([C@H](O)CNCCc2cccc(OCC(F)(F)c3ccccc3)c2)ccc1O. The molecule has 1 atom stereocenters. The first-order valence-electron chi connectivity index (χ1n) is 10.4. The van der Waals surface area contributed by atoms with Gasteiger partial charge in [0.15, 0.2) is 6.61 Å². The number of carbonyl (C=O) groups is 1. The van der Waals surface area contributed by atoms with Gasteiger partial charge in [-0.1, -0.05) is 48.5 Å². The van der Waals surface area contributed by atoms with Crippen LogP contribution in [0.5, 0.6) is 11.5 Å². The fraction of sp³-hybridized carbons (Fsp3) is 0.240. The normalized spacial score (nSPS) is 12.3. The summed E-state index contributed by atoms with van der Waals surface area (Å²) in [6, 6.07) is 18.7. The van der Waals surface area contributed by atoms with Crippen molar-refractivity contribution in [1.29, 1.82) is 0 Å². The number of hydrogen-bond acceptors (Lipinski definition) is 5. The number of aliphatic hydroxyl groups excluding tert-OH is 1. The van der Waals surface area contributed by atoms with Crippen molar-refractivity contribution < 1.29 is 28.5 Å². The number of nitrogens with one attached hydrogen (secondary N) is 1. The molecule has 0 bridgehead atoms. The van der Waals surface area contributed by atoms with Gasteiger partial charge in [-0.2, -0.15) is 8.78 Å². The van der Waals surface area contributed by atoms with E-state index in [1.807, 2.05) is 6.07 Å². The first-order valence-corrected chi connectivity index (χ1v) is 10.4. The van der Waals surface area contributed by atoms with Crippen molar-refractivity contribution in [3.63, 3.8) is 0 Å². The quantitative estimate of drug-likeness (QED) is 0.331. The van der Waals surface area contributed by atoms with Crippen LogP contribution in [0.1, 0.15) is 33.2 Å². The lowest BCUT2D eigenvalue weighted by Crippen LogP contribution is -2.24. The molecule has 1 amide bonds. The summed E-state index contributed by atoms with van der Waals surface area (Å²) in [5, 5.41) is 23.1. The Labute approximate surface area is 190 Å². The molecule has 0 aromatic heterocycles. The molecule has 0 saturated heterocycles. The number of alkyl halides is 2. The highest BCUT2D eigenvalue weighted by Crippen LogP contribution is 2.29. The molecule has 0 spiro atoms. The summed E-state index contributed by atoms with van der Waals surface area (Å²) in [7, 11) is 0. The zero-order valence-electron chi connectivity index (χ0n) is 17.9. The van der Waals surface area contributed by atoms with Crippen molar-refractivity contribution in [1.82, 2.24) is 5.32 Å². The second-order valence-corrected chi connectivity index (χ2v) is 7.62. The Hall–Kier alpha value is -3.49. The predicted octanol–water partition coefficient (Wildman–Crippen LogP) is 3.53. The Morgan fingerprint density at radius 2 is 1.82 bits per heavy atom. The summed E-state index contributed by atoms with van der Waals surface area (Å²) in [6.45, 7) is -0.0330. The number of aliphatic hydroxyl groups is 1. The first-order chi connectivity index (χ1) is 15.8. The molecule has 0 aliphatic rings. The summed E-state index contributed by atoms with van der Waals surface area (Å²) in [5.41, 5.74) is 6.39. The summed E-state index contributed by atoms with van der Waals surface area (Å²) in [4.78, 5) is 11.3. The van der Waals surface area contributed by atoms with Gasteiger partial charge in [0.1, 0.15) is 11.5 Å². The van der Waals surface area contributed by atoms with Crippen LogP contribution in [0, 0.1) is 0 Å². The zero-order valence-corrected chi connectivity index (χ0v) is 17.9. The van der Waals surface area contributed by atoms with Crippen LogP contribution >= 0.6 is 0 Å². The van der Waals surface area contributed by atoms with E-state index in [9.17, 15) is 23.8 Å². The zero-order chi connectivity index (χ0) is 23.8. The van der Waals surface area contributed by atoms with Gasteiger partial charge in [0.2, 0.25) is 0 Å². The number of amides is 1. The Bertz CT molecular complexity index is 1080. The highest BCUT2D eigenvalue weighted by Gasteiger charge is 2.32. The van der Waals surface area contributed by atoms with Gasteiger partial charge in [-0.3, -0.25) is 4.79 Å². The van der Waals surface area contributed by atoms with E-state index in [0.29, 0.717) is 24.3 Å². The molecular weight excluding hydrogens is 430 g/mol. The molecule has 0 fully saturated rings. The fourth-order valence-corrected chi connectivity index (χ4v) is 3.28. The molecule has 3 aromatic rings. The molecule has 8 heteroatoms. The van der Waals surface area contributed by atoms with Gasteiger partial charge in [-0.25, -0.2) is 0 Å². The van der Waals surface area contributed by atoms with E-state index in [1.165, 1.54) is 30.3 Å². The van der Waals surface area contributed by atoms with Gasteiger partial charge in [0.25, 0.3) is 5.91 Å². The molecule has 6 nitrogen and oxygen atoms in total. The van der Waals surface area contributed by atoms with E-state index >= 15 is 0 Å². The fourth-order valence-electron chi connectivity index (χ4n) is 3.28. The molecule has 0 saturated carbocycles. The smallest absolute Gasteiger partial charge is 0.306 e. The largest absolute Gasteiger partial charge is 0.507 e. The average Bonchev–Trinajstić information content (AvgIpc) is 2.81. The molecule has 3 aromatic carbocycles. The third-order valence-corrected chi connectivity index (χ3v) is 5.11. The van der Waals surface area contributed by atoms with E-state index in [1.54, 1.807) is 36.4 Å². The van der Waals surface area contributed by atoms with E-state index in [-0.39, 0.29) is 23.4 Å². The highest BCUT2D eigenvalue weighted by molar-refractivity contribution is 5.95. The number of rotatable bonds is 11. The van der Waals surface area contributed by atoms with Gasteiger partial charge >= 0.3 is 5.92 Å². The number of benzene rings is 3. The number of carbonyl (C=O) groups excluding carboxylic acids is 1. The number of ether oxygens (including phenoxy) is 1. The Morgan fingerprint density at radius 1 is 1.06 bits per heavy atom. The van der Waals surface area contributed by atoms with E-state index < -0.39 is 24.5 Å². The molecule has 0 unspecified atom stereocenters. The third kappa shape index (κ3) is 6.74. The average molecular weight is 456 g/mol. The second-order valence-electron chi connectivity index (χ2n) is 7.62. The summed E-state index contributed by atoms with van der Waals surface area (Å²) < 4.78 is 33.9. The second kappa shape index (κ2) is 10.9. The van der Waals surface area contributed by atoms with Crippen LogP contribution in [-0.4, -0.2) is 35.8 Å². The van der Waals surface area contributed by atoms with Gasteiger partial charge in [0, 0.05) is 12.1 Å². The first kappa shape index (κ1) is 24.2. The number of phenols is 1. The van der Waals surface area contributed by atoms with Crippen LogP contribution < -0.4 is 15.8 Å². The maximum absolute atomic E-state index is 14.3. The van der Waals surface area contributed by atoms with Crippen molar-refractivity contribution >= 4 is 5.91 Å². The maximum atomic E-state index is 14.3. The standard InChI is InChI=1S/C25H26F2N2O4/c26-25(27,19-6-2-1-3-7-19)16-33-20-8-4-5-17(13-20)11-12-29-15-23(31)18-9-10-22(30)21(14-18)24(28)32/h1-10,13-14,23,29-31H,11-12,15-16H2,(H2,28,32)/t23-/m1/s1. The number of halogens is 2. The highest BCUT2D eigenvalue weighted by atomic mass is 19.3. The van der Waals surface area contributed by atoms with Crippen molar-refractivity contribution in [3.05, 3.63) is 95.1 Å². The van der Waals surface area contributed by atoms with Crippen molar-refractivity contribution in [2.45, 2.75) is 18.4 Å². The van der Waals surface area contributed by atoms with Crippen LogP contribution in [0.3, 0.4) is 0 Å². The lowest BCUT2D eigenvalue weighted by molar-refractivity contribution is -0.0467. The number of hydrogen-bond donors (Lipinski definition) is 4. The molecule has 0 aliphatic carbocycles. The molecule has 174 valence electrons. The lowest BCUT2D eigenvalue weighted by atomic mass is 10.0. The predicted molar refractivity (Wildman–Crippen MR) is 120 cm³/mol. The Balaban J connectivity index is 1.48. The molecule has 0 aliphatic heterocycles. The van der Waals surface area contributed by atoms with Gasteiger partial charge in [-0.15, -0.1) is 0 Å². The van der Waals surface area contributed by atoms with Crippen molar-refractivity contribution in [3.8, 4) is 11.5 Å². The topological polar surface area (TPSA) is 105 Å². The van der Waals surface area contributed by atoms with Gasteiger partial charge in [0.05, 0.1) is 11.7 Å². The number of primary amides is 1. The van der Waals surface area contributed by atoms with Crippen molar-refractivity contribution in [2.24, 2.45) is 5.73 Å². The van der Waals surface area contributed by atoms with Crippen molar-refractivity contribution in [2.75, 3.05) is 19.7 Å². The third-order valence-electron chi connectivity index (χ3n) is 5.11. The number of nitrogens with two attached hydrogens (primary N) is 1. The minimum atomic E-state index is -3.10. The molecule has 0 heterocycles. The monoisotopic (exact) mass is 456 g/mol. The van der Waals surface area contributed by atoms with Crippen LogP contribution in [0.4, 0.5) is 8.78 Å². The van der Waals surface area contributed by atoms with Gasteiger partial charge < -0.3 is 26.0 Å².